The molecule has 32 heavy (non-hydrogen) atoms. The van der Waals surface area contributed by atoms with E-state index in [0.717, 1.165) is 30.5 Å². The molecule has 0 spiro atoms. The summed E-state index contributed by atoms with van der Waals surface area (Å²) in [6, 6.07) is 10.9. The molecule has 8 heteroatoms. The van der Waals surface area contributed by atoms with E-state index in [1.807, 2.05) is 36.5 Å². The van der Waals surface area contributed by atoms with Crippen LogP contribution in [0.3, 0.4) is 0 Å². The fourth-order valence-electron chi connectivity index (χ4n) is 4.29. The lowest BCUT2D eigenvalue weighted by atomic mass is 9.92. The quantitative estimate of drug-likeness (QED) is 0.505. The Bertz CT molecular complexity index is 1290. The first kappa shape index (κ1) is 20.3. The molecule has 1 aliphatic rings. The normalized spacial score (nSPS) is 18.7. The SMILES string of the molecule is O=C(N[C@H]1CCCC[C@@H]1O)c1cn(Cc2ccc(-n3cccn3)cc2)c(=O)c2ccoc12. The van der Waals surface area contributed by atoms with Crippen molar-refractivity contribution < 1.29 is 14.3 Å². The zero-order valence-electron chi connectivity index (χ0n) is 17.5. The second-order valence-corrected chi connectivity index (χ2v) is 8.19. The van der Waals surface area contributed by atoms with E-state index < -0.39 is 6.10 Å². The van der Waals surface area contributed by atoms with Crippen LogP contribution in [-0.2, 0) is 6.54 Å². The lowest BCUT2D eigenvalue weighted by molar-refractivity contribution is 0.0717. The minimum absolute atomic E-state index is 0.223. The maximum Gasteiger partial charge on any atom is 0.262 e. The first-order valence-corrected chi connectivity index (χ1v) is 10.8. The monoisotopic (exact) mass is 432 g/mol. The summed E-state index contributed by atoms with van der Waals surface area (Å²) < 4.78 is 8.76. The first-order chi connectivity index (χ1) is 15.6. The summed E-state index contributed by atoms with van der Waals surface area (Å²) in [5.41, 5.74) is 2.17. The molecular formula is C24H24N4O4. The number of aliphatic hydroxyl groups excluding tert-OH is 1. The van der Waals surface area contributed by atoms with Crippen molar-refractivity contribution in [3.8, 4) is 5.69 Å². The molecule has 0 bridgehead atoms. The molecule has 4 aromatic rings. The Kier molecular flexibility index (Phi) is 5.36. The summed E-state index contributed by atoms with van der Waals surface area (Å²) in [6.45, 7) is 0.311. The molecule has 0 aliphatic heterocycles. The third-order valence-corrected chi connectivity index (χ3v) is 6.03. The number of furan rings is 1. The Morgan fingerprint density at radius 2 is 2.00 bits per heavy atom. The van der Waals surface area contributed by atoms with Gasteiger partial charge < -0.3 is 19.4 Å². The van der Waals surface area contributed by atoms with Gasteiger partial charge in [0.2, 0.25) is 0 Å². The molecule has 8 nitrogen and oxygen atoms in total. The predicted molar refractivity (Wildman–Crippen MR) is 119 cm³/mol. The van der Waals surface area contributed by atoms with E-state index in [-0.39, 0.29) is 28.7 Å². The number of benzene rings is 1. The van der Waals surface area contributed by atoms with E-state index >= 15 is 0 Å². The van der Waals surface area contributed by atoms with E-state index in [4.69, 9.17) is 4.42 Å². The number of hydrogen-bond acceptors (Lipinski definition) is 5. The molecule has 2 atom stereocenters. The summed E-state index contributed by atoms with van der Waals surface area (Å²) in [5.74, 6) is -0.348. The number of hydrogen-bond donors (Lipinski definition) is 2. The fourth-order valence-corrected chi connectivity index (χ4v) is 4.29. The minimum Gasteiger partial charge on any atom is -0.463 e. The van der Waals surface area contributed by atoms with E-state index in [9.17, 15) is 14.7 Å². The van der Waals surface area contributed by atoms with Gasteiger partial charge in [-0.2, -0.15) is 5.10 Å². The second kappa shape index (κ2) is 8.47. The average molecular weight is 432 g/mol. The smallest absolute Gasteiger partial charge is 0.262 e. The summed E-state index contributed by atoms with van der Waals surface area (Å²) in [4.78, 5) is 26.0. The van der Waals surface area contributed by atoms with Crippen LogP contribution in [0, 0.1) is 0 Å². The molecule has 0 saturated heterocycles. The van der Waals surface area contributed by atoms with Gasteiger partial charge in [-0.05, 0) is 42.7 Å². The molecule has 5 rings (SSSR count). The Morgan fingerprint density at radius 1 is 1.19 bits per heavy atom. The predicted octanol–water partition coefficient (Wildman–Crippen LogP) is 2.86. The van der Waals surface area contributed by atoms with E-state index in [1.165, 1.54) is 10.8 Å². The molecular weight excluding hydrogens is 408 g/mol. The van der Waals surface area contributed by atoms with Crippen LogP contribution in [-0.4, -0.2) is 37.5 Å². The maximum atomic E-state index is 13.1. The number of amides is 1. The van der Waals surface area contributed by atoms with Gasteiger partial charge in [0.15, 0.2) is 5.58 Å². The van der Waals surface area contributed by atoms with Crippen molar-refractivity contribution >= 4 is 16.9 Å². The average Bonchev–Trinajstić information content (AvgIpc) is 3.50. The molecule has 0 unspecified atom stereocenters. The van der Waals surface area contributed by atoms with Crippen molar-refractivity contribution in [3.63, 3.8) is 0 Å². The number of carbonyl (C=O) groups excluding carboxylic acids is 1. The number of rotatable bonds is 5. The van der Waals surface area contributed by atoms with Gasteiger partial charge in [-0.1, -0.05) is 25.0 Å². The Labute approximate surface area is 184 Å². The fraction of sp³-hybridized carbons (Fsp3) is 0.292. The van der Waals surface area contributed by atoms with Crippen LogP contribution in [0.4, 0.5) is 0 Å². The number of carbonyl (C=O) groups is 1. The van der Waals surface area contributed by atoms with Crippen LogP contribution in [0.2, 0.25) is 0 Å². The van der Waals surface area contributed by atoms with Crippen LogP contribution in [0.1, 0.15) is 41.6 Å². The summed E-state index contributed by atoms with van der Waals surface area (Å²) in [6.07, 6.45) is 9.31. The molecule has 1 amide bonds. The number of nitrogens with one attached hydrogen (secondary N) is 1. The molecule has 3 aromatic heterocycles. The van der Waals surface area contributed by atoms with Crippen molar-refractivity contribution in [2.45, 2.75) is 44.4 Å². The van der Waals surface area contributed by atoms with Gasteiger partial charge in [0.25, 0.3) is 11.5 Å². The van der Waals surface area contributed by atoms with Gasteiger partial charge in [-0.3, -0.25) is 9.59 Å². The van der Waals surface area contributed by atoms with E-state index in [0.29, 0.717) is 18.4 Å². The Morgan fingerprint density at radius 3 is 2.75 bits per heavy atom. The van der Waals surface area contributed by atoms with Gasteiger partial charge in [-0.15, -0.1) is 0 Å². The van der Waals surface area contributed by atoms with Crippen LogP contribution in [0.25, 0.3) is 16.7 Å². The van der Waals surface area contributed by atoms with Crippen molar-refractivity contribution in [2.24, 2.45) is 0 Å². The zero-order chi connectivity index (χ0) is 22.1. The van der Waals surface area contributed by atoms with Crippen LogP contribution in [0.15, 0.2) is 70.5 Å². The maximum absolute atomic E-state index is 13.1. The Balaban J connectivity index is 1.44. The first-order valence-electron chi connectivity index (χ1n) is 10.8. The number of aromatic nitrogens is 3. The molecule has 2 N–H and O–H groups in total. The lowest BCUT2D eigenvalue weighted by Gasteiger charge is -2.28. The molecule has 1 saturated carbocycles. The third kappa shape index (κ3) is 3.85. The zero-order valence-corrected chi connectivity index (χ0v) is 17.5. The summed E-state index contributed by atoms with van der Waals surface area (Å²) in [5, 5.41) is 17.7. The standard InChI is InChI=1S/C24H24N4O4/c29-21-5-2-1-4-20(21)26-23(30)19-15-27(24(31)18-10-13-32-22(18)19)14-16-6-8-17(9-7-16)28-12-3-11-25-28/h3,6-13,15,20-21,29H,1-2,4-5,14H2,(H,26,30)/t20-,21-/m0/s1. The van der Waals surface area contributed by atoms with Crippen LogP contribution < -0.4 is 10.9 Å². The van der Waals surface area contributed by atoms with Gasteiger partial charge in [0.1, 0.15) is 0 Å². The molecule has 1 aliphatic carbocycles. The third-order valence-electron chi connectivity index (χ3n) is 6.03. The largest absolute Gasteiger partial charge is 0.463 e. The van der Waals surface area contributed by atoms with E-state index in [1.54, 1.807) is 23.1 Å². The highest BCUT2D eigenvalue weighted by atomic mass is 16.3. The van der Waals surface area contributed by atoms with Gasteiger partial charge in [0, 0.05) is 18.6 Å². The van der Waals surface area contributed by atoms with Gasteiger partial charge in [0.05, 0.1) is 41.6 Å². The lowest BCUT2D eigenvalue weighted by Crippen LogP contribution is -2.45. The van der Waals surface area contributed by atoms with Gasteiger partial charge >= 0.3 is 0 Å². The molecule has 3 heterocycles. The topological polar surface area (TPSA) is 102 Å². The minimum atomic E-state index is -0.556. The highest BCUT2D eigenvalue weighted by molar-refractivity contribution is 6.04. The number of aliphatic hydroxyl groups is 1. The molecule has 1 aromatic carbocycles. The van der Waals surface area contributed by atoms with Crippen molar-refractivity contribution in [3.05, 3.63) is 82.7 Å². The van der Waals surface area contributed by atoms with Crippen LogP contribution >= 0.6 is 0 Å². The van der Waals surface area contributed by atoms with E-state index in [2.05, 4.69) is 10.4 Å². The van der Waals surface area contributed by atoms with Crippen molar-refractivity contribution in [1.82, 2.24) is 19.7 Å². The molecule has 1 fully saturated rings. The highest BCUT2D eigenvalue weighted by Gasteiger charge is 2.26. The van der Waals surface area contributed by atoms with Gasteiger partial charge in [-0.25, -0.2) is 4.68 Å². The number of pyridine rings is 1. The second-order valence-electron chi connectivity index (χ2n) is 8.19. The molecule has 164 valence electrons. The van der Waals surface area contributed by atoms with Crippen LogP contribution in [0.5, 0.6) is 0 Å². The summed E-state index contributed by atoms with van der Waals surface area (Å²) >= 11 is 0. The highest BCUT2D eigenvalue weighted by Crippen LogP contribution is 2.21. The Hall–Kier alpha value is -3.65. The van der Waals surface area contributed by atoms with Crippen molar-refractivity contribution in [1.29, 1.82) is 0 Å². The molecule has 0 radical (unpaired) electrons. The van der Waals surface area contributed by atoms with Crippen molar-refractivity contribution in [2.75, 3.05) is 0 Å². The number of fused-ring (bicyclic) bond motifs is 1. The number of nitrogens with zero attached hydrogens (tertiary/aromatic N) is 3. The summed E-state index contributed by atoms with van der Waals surface area (Å²) in [7, 11) is 0.